The van der Waals surface area contributed by atoms with E-state index in [2.05, 4.69) is 54.3 Å². The van der Waals surface area contributed by atoms with Gasteiger partial charge in [0.2, 0.25) is 0 Å². The zero-order valence-corrected chi connectivity index (χ0v) is 18.1. The predicted octanol–water partition coefficient (Wildman–Crippen LogP) is 5.75. The lowest BCUT2D eigenvalue weighted by Crippen LogP contribution is -2.41. The molecule has 0 saturated heterocycles. The number of ether oxygens (including phenoxy) is 2. The highest BCUT2D eigenvalue weighted by Crippen LogP contribution is 2.40. The van der Waals surface area contributed by atoms with E-state index in [0.29, 0.717) is 6.61 Å². The van der Waals surface area contributed by atoms with Crippen LogP contribution in [-0.2, 0) is 11.2 Å². The molecule has 0 bridgehead atoms. The van der Waals surface area contributed by atoms with E-state index < -0.39 is 8.07 Å². The monoisotopic (exact) mass is 348 g/mol. The summed E-state index contributed by atoms with van der Waals surface area (Å²) >= 11 is 0. The maximum Gasteiger partial charge on any atom is 0.130 e. The Labute approximate surface area is 150 Å². The largest absolute Gasteiger partial charge is 0.485 e. The quantitative estimate of drug-likeness (QED) is 0.481. The van der Waals surface area contributed by atoms with Gasteiger partial charge >= 0.3 is 0 Å². The summed E-state index contributed by atoms with van der Waals surface area (Å²) in [4.78, 5) is 0. The van der Waals surface area contributed by atoms with Gasteiger partial charge in [0.25, 0.3) is 0 Å². The molecule has 24 heavy (non-hydrogen) atoms. The summed E-state index contributed by atoms with van der Waals surface area (Å²) < 4.78 is 12.5. The molecule has 0 radical (unpaired) electrons. The van der Waals surface area contributed by atoms with Crippen LogP contribution in [0.4, 0.5) is 0 Å². The van der Waals surface area contributed by atoms with Crippen molar-refractivity contribution in [2.45, 2.75) is 85.2 Å². The van der Waals surface area contributed by atoms with Gasteiger partial charge in [0.05, 0.1) is 6.61 Å². The highest BCUT2D eigenvalue weighted by atomic mass is 28.3. The van der Waals surface area contributed by atoms with E-state index in [0.717, 1.165) is 25.2 Å². The molecule has 0 fully saturated rings. The molecule has 3 heteroatoms. The summed E-state index contributed by atoms with van der Waals surface area (Å²) in [6.07, 6.45) is 3.31. The van der Waals surface area contributed by atoms with Crippen LogP contribution in [0, 0.1) is 27.7 Å². The van der Waals surface area contributed by atoms with Crippen molar-refractivity contribution in [3.8, 4) is 5.75 Å². The van der Waals surface area contributed by atoms with Crippen molar-refractivity contribution in [2.24, 2.45) is 0 Å². The summed E-state index contributed by atoms with van der Waals surface area (Å²) in [5.41, 5.74) is 6.72. The van der Waals surface area contributed by atoms with Gasteiger partial charge in [-0.1, -0.05) is 25.7 Å². The Morgan fingerprint density at radius 3 is 2.25 bits per heavy atom. The molecule has 0 saturated carbocycles. The molecule has 1 aliphatic rings. The SMILES string of the molecule is Cc1c(C)c(C)c2c(c1C)CC[C@](C)(COCCC[Si](C)(C)C)O2. The van der Waals surface area contributed by atoms with Crippen LogP contribution in [0.1, 0.15) is 47.6 Å². The van der Waals surface area contributed by atoms with Crippen LogP contribution < -0.4 is 4.74 Å². The van der Waals surface area contributed by atoms with Crippen molar-refractivity contribution < 1.29 is 9.47 Å². The van der Waals surface area contributed by atoms with E-state index in [1.807, 2.05) is 0 Å². The summed E-state index contributed by atoms with van der Waals surface area (Å²) in [6.45, 7) is 19.9. The van der Waals surface area contributed by atoms with Crippen molar-refractivity contribution >= 4 is 8.07 Å². The van der Waals surface area contributed by atoms with Gasteiger partial charge in [0.1, 0.15) is 11.4 Å². The highest BCUT2D eigenvalue weighted by molar-refractivity contribution is 6.76. The van der Waals surface area contributed by atoms with Gasteiger partial charge in [-0.3, -0.25) is 0 Å². The topological polar surface area (TPSA) is 18.5 Å². The lowest BCUT2D eigenvalue weighted by atomic mass is 9.85. The highest BCUT2D eigenvalue weighted by Gasteiger charge is 2.34. The third-order valence-corrected chi connectivity index (χ3v) is 7.48. The minimum Gasteiger partial charge on any atom is -0.485 e. The first-order valence-corrected chi connectivity index (χ1v) is 13.1. The molecule has 1 atom stereocenters. The summed E-state index contributed by atoms with van der Waals surface area (Å²) in [6, 6.07) is 1.34. The zero-order valence-electron chi connectivity index (χ0n) is 17.1. The van der Waals surface area contributed by atoms with Crippen LogP contribution >= 0.6 is 0 Å². The normalized spacial score (nSPS) is 20.7. The molecule has 136 valence electrons. The van der Waals surface area contributed by atoms with Gasteiger partial charge in [-0.25, -0.2) is 0 Å². The van der Waals surface area contributed by atoms with E-state index in [1.54, 1.807) is 0 Å². The fourth-order valence-corrected chi connectivity index (χ4v) is 4.78. The van der Waals surface area contributed by atoms with E-state index in [4.69, 9.17) is 9.47 Å². The van der Waals surface area contributed by atoms with E-state index in [1.165, 1.54) is 40.3 Å². The molecule has 1 aromatic carbocycles. The summed E-state index contributed by atoms with van der Waals surface area (Å²) in [5, 5.41) is 0. The fourth-order valence-electron chi connectivity index (χ4n) is 3.58. The summed E-state index contributed by atoms with van der Waals surface area (Å²) in [7, 11) is -0.950. The molecule has 0 spiro atoms. The number of hydrogen-bond donors (Lipinski definition) is 0. The van der Waals surface area contributed by atoms with E-state index in [-0.39, 0.29) is 5.60 Å². The van der Waals surface area contributed by atoms with Gasteiger partial charge in [-0.2, -0.15) is 0 Å². The average molecular weight is 349 g/mol. The lowest BCUT2D eigenvalue weighted by molar-refractivity contribution is -0.0281. The Morgan fingerprint density at radius 2 is 1.62 bits per heavy atom. The zero-order chi connectivity index (χ0) is 18.1. The Kier molecular flexibility index (Phi) is 5.86. The first kappa shape index (κ1) is 19.5. The molecule has 0 N–H and O–H groups in total. The third kappa shape index (κ3) is 4.43. The van der Waals surface area contributed by atoms with Crippen LogP contribution in [0.15, 0.2) is 0 Å². The number of benzene rings is 1. The van der Waals surface area contributed by atoms with Crippen molar-refractivity contribution in [3.05, 3.63) is 27.8 Å². The molecule has 2 nitrogen and oxygen atoms in total. The average Bonchev–Trinajstić information content (AvgIpc) is 2.49. The Morgan fingerprint density at radius 1 is 1.00 bits per heavy atom. The predicted molar refractivity (Wildman–Crippen MR) is 106 cm³/mol. The second-order valence-corrected chi connectivity index (χ2v) is 14.7. The molecular formula is C21H36O2Si. The maximum absolute atomic E-state index is 6.50. The number of hydrogen-bond acceptors (Lipinski definition) is 2. The molecule has 0 aliphatic carbocycles. The Balaban J connectivity index is 2.01. The Bertz CT molecular complexity index is 601. The fraction of sp³-hybridized carbons (Fsp3) is 0.714. The van der Waals surface area contributed by atoms with Crippen molar-refractivity contribution in [1.82, 2.24) is 0 Å². The van der Waals surface area contributed by atoms with Crippen molar-refractivity contribution in [2.75, 3.05) is 13.2 Å². The molecule has 2 rings (SSSR count). The van der Waals surface area contributed by atoms with Gasteiger partial charge in [0, 0.05) is 14.7 Å². The molecule has 1 aliphatic heterocycles. The molecule has 1 heterocycles. The van der Waals surface area contributed by atoms with Gasteiger partial charge in [-0.15, -0.1) is 0 Å². The molecule has 0 unspecified atom stereocenters. The number of rotatable bonds is 6. The van der Waals surface area contributed by atoms with Crippen LogP contribution in [0.5, 0.6) is 5.75 Å². The molecule has 0 aromatic heterocycles. The van der Waals surface area contributed by atoms with Crippen LogP contribution in [-0.4, -0.2) is 26.9 Å². The summed E-state index contributed by atoms with van der Waals surface area (Å²) in [5.74, 6) is 1.12. The molecular weight excluding hydrogens is 312 g/mol. The van der Waals surface area contributed by atoms with Crippen LogP contribution in [0.2, 0.25) is 25.7 Å². The minimum absolute atomic E-state index is 0.189. The maximum atomic E-state index is 6.50. The molecule has 1 aromatic rings. The molecule has 0 amide bonds. The first-order chi connectivity index (χ1) is 11.0. The second kappa shape index (κ2) is 7.21. The second-order valence-electron chi connectivity index (χ2n) is 9.08. The van der Waals surface area contributed by atoms with Crippen LogP contribution in [0.25, 0.3) is 0 Å². The van der Waals surface area contributed by atoms with E-state index >= 15 is 0 Å². The van der Waals surface area contributed by atoms with Crippen LogP contribution in [0.3, 0.4) is 0 Å². The van der Waals surface area contributed by atoms with Gasteiger partial charge < -0.3 is 9.47 Å². The third-order valence-electron chi connectivity index (χ3n) is 5.63. The number of fused-ring (bicyclic) bond motifs is 1. The van der Waals surface area contributed by atoms with Crippen molar-refractivity contribution in [1.29, 1.82) is 0 Å². The standard InChI is InChI=1S/C21H36O2Si/c1-15-16(2)18(4)20-19(17(15)3)10-11-21(5,23-20)14-22-12-9-13-24(6,7)8/h9-14H2,1-8H3/t21-/m1/s1. The lowest BCUT2D eigenvalue weighted by Gasteiger charge is -2.38. The van der Waals surface area contributed by atoms with Crippen molar-refractivity contribution in [3.63, 3.8) is 0 Å². The van der Waals surface area contributed by atoms with Gasteiger partial charge in [0.15, 0.2) is 0 Å². The minimum atomic E-state index is -0.950. The van der Waals surface area contributed by atoms with Gasteiger partial charge in [-0.05, 0) is 81.7 Å². The first-order valence-electron chi connectivity index (χ1n) is 9.40. The Hall–Kier alpha value is -0.803. The van der Waals surface area contributed by atoms with E-state index in [9.17, 15) is 0 Å². The smallest absolute Gasteiger partial charge is 0.130 e.